The number of piperidine rings is 1. The smallest absolute Gasteiger partial charge is 0.0830 e. The average molecular weight is 466 g/mol. The number of rotatable bonds is 7. The molecule has 6 fully saturated rings. The van der Waals surface area contributed by atoms with Crippen LogP contribution in [0.4, 0.5) is 0 Å². The molecular weight excluding hydrogens is 422 g/mol. The second kappa shape index (κ2) is 7.61. The molecule has 6 aliphatic rings. The standard InChI is InChI=1S/C26H43NO6/c1-6-27-12-24(13-30-3)9-8-17(32-5)26-15-10-14-16(31-4)11-25(33-7-2,18(15)20(14)28)19(23(26)27)21(29)22(24)26/h14-23,28-29H,6-13H2,1-5H3. The molecule has 1 spiro atoms. The van der Waals surface area contributed by atoms with Crippen LogP contribution in [0.15, 0.2) is 0 Å². The summed E-state index contributed by atoms with van der Waals surface area (Å²) in [7, 11) is 5.43. The lowest BCUT2D eigenvalue weighted by molar-refractivity contribution is -0.285. The fraction of sp³-hybridized carbons (Fsp3) is 1.00. The molecule has 0 amide bonds. The zero-order valence-electron chi connectivity index (χ0n) is 20.9. The summed E-state index contributed by atoms with van der Waals surface area (Å²) in [6.45, 7) is 7.43. The SMILES string of the molecule is CCOC12CC(OC)C3CC(C1C3O)C13C(OC)CCC4(COC)CN(CC)C1C2C(O)C43. The van der Waals surface area contributed by atoms with Gasteiger partial charge >= 0.3 is 0 Å². The van der Waals surface area contributed by atoms with E-state index in [2.05, 4.69) is 18.7 Å². The van der Waals surface area contributed by atoms with Crippen molar-refractivity contribution in [3.63, 3.8) is 0 Å². The third kappa shape index (κ3) is 2.41. The van der Waals surface area contributed by atoms with Gasteiger partial charge in [-0.15, -0.1) is 0 Å². The number of nitrogens with zero attached hydrogens (tertiary/aromatic N) is 1. The van der Waals surface area contributed by atoms with Crippen LogP contribution in [0.2, 0.25) is 0 Å². The van der Waals surface area contributed by atoms with E-state index in [0.29, 0.717) is 13.2 Å². The Morgan fingerprint density at radius 2 is 1.82 bits per heavy atom. The third-order valence-electron chi connectivity index (χ3n) is 11.5. The molecule has 13 unspecified atom stereocenters. The summed E-state index contributed by atoms with van der Waals surface area (Å²) >= 11 is 0. The summed E-state index contributed by atoms with van der Waals surface area (Å²) in [4.78, 5) is 2.64. The van der Waals surface area contributed by atoms with Crippen molar-refractivity contribution in [2.24, 2.45) is 40.4 Å². The van der Waals surface area contributed by atoms with Crippen LogP contribution in [-0.2, 0) is 18.9 Å². The Labute approximate surface area is 198 Å². The Hall–Kier alpha value is -0.280. The summed E-state index contributed by atoms with van der Waals surface area (Å²) in [5.74, 6) is 0.410. The molecule has 0 radical (unpaired) electrons. The molecule has 0 aromatic rings. The van der Waals surface area contributed by atoms with E-state index in [0.717, 1.165) is 38.8 Å². The Morgan fingerprint density at radius 3 is 2.45 bits per heavy atom. The molecular formula is C26H43NO6. The van der Waals surface area contributed by atoms with Gasteiger partial charge in [-0.1, -0.05) is 6.92 Å². The molecule has 33 heavy (non-hydrogen) atoms. The number of fused-ring (bicyclic) bond motifs is 2. The van der Waals surface area contributed by atoms with Gasteiger partial charge in [0.1, 0.15) is 0 Å². The van der Waals surface area contributed by atoms with Crippen molar-refractivity contribution in [3.8, 4) is 0 Å². The molecule has 7 nitrogen and oxygen atoms in total. The summed E-state index contributed by atoms with van der Waals surface area (Å²) in [5.41, 5.74) is -0.873. The summed E-state index contributed by atoms with van der Waals surface area (Å²) in [5, 5.41) is 24.1. The largest absolute Gasteiger partial charge is 0.392 e. The molecule has 2 N–H and O–H groups in total. The highest BCUT2D eigenvalue weighted by molar-refractivity contribution is 5.35. The van der Waals surface area contributed by atoms with Gasteiger partial charge in [-0.2, -0.15) is 0 Å². The van der Waals surface area contributed by atoms with E-state index in [1.807, 2.05) is 7.11 Å². The van der Waals surface area contributed by atoms with Gasteiger partial charge in [0.25, 0.3) is 0 Å². The van der Waals surface area contributed by atoms with Gasteiger partial charge < -0.3 is 29.2 Å². The predicted octanol–water partition coefficient (Wildman–Crippen LogP) is 1.55. The molecule has 1 saturated heterocycles. The van der Waals surface area contributed by atoms with E-state index in [4.69, 9.17) is 18.9 Å². The third-order valence-corrected chi connectivity index (χ3v) is 11.5. The van der Waals surface area contributed by atoms with Crippen molar-refractivity contribution in [2.75, 3.05) is 47.6 Å². The van der Waals surface area contributed by atoms with E-state index in [1.165, 1.54) is 0 Å². The fourth-order valence-electron chi connectivity index (χ4n) is 11.2. The molecule has 1 heterocycles. The number of aliphatic hydroxyl groups is 2. The van der Waals surface area contributed by atoms with Gasteiger partial charge in [-0.25, -0.2) is 0 Å². The average Bonchev–Trinajstić information content (AvgIpc) is 3.18. The first-order valence-corrected chi connectivity index (χ1v) is 13.2. The Bertz CT molecular complexity index is 782. The number of hydrogen-bond donors (Lipinski definition) is 2. The van der Waals surface area contributed by atoms with E-state index in [1.54, 1.807) is 14.2 Å². The molecule has 6 rings (SSSR count). The van der Waals surface area contributed by atoms with Gasteiger partial charge in [-0.05, 0) is 38.6 Å². The quantitative estimate of drug-likeness (QED) is 0.590. The molecule has 0 aromatic carbocycles. The van der Waals surface area contributed by atoms with Gasteiger partial charge in [0.2, 0.25) is 0 Å². The molecule has 7 heteroatoms. The molecule has 188 valence electrons. The molecule has 7 bridgehead atoms. The summed E-state index contributed by atoms with van der Waals surface area (Å²) in [6, 6.07) is 0.187. The molecule has 5 aliphatic carbocycles. The minimum absolute atomic E-state index is 0.0163. The van der Waals surface area contributed by atoms with E-state index < -0.39 is 17.8 Å². The maximum atomic E-state index is 12.4. The van der Waals surface area contributed by atoms with Gasteiger partial charge in [-0.3, -0.25) is 4.90 Å². The molecule has 1 aliphatic heterocycles. The molecule has 13 atom stereocenters. The zero-order valence-corrected chi connectivity index (χ0v) is 20.9. The zero-order chi connectivity index (χ0) is 23.3. The number of methoxy groups -OCH3 is 3. The normalized spacial score (nSPS) is 58.6. The highest BCUT2D eigenvalue weighted by Crippen LogP contribution is 2.79. The second-order valence-electron chi connectivity index (χ2n) is 11.9. The van der Waals surface area contributed by atoms with Crippen molar-refractivity contribution in [1.29, 1.82) is 0 Å². The Balaban J connectivity index is 1.63. The van der Waals surface area contributed by atoms with Crippen molar-refractivity contribution < 1.29 is 29.2 Å². The minimum Gasteiger partial charge on any atom is -0.392 e. The monoisotopic (exact) mass is 465 g/mol. The maximum absolute atomic E-state index is 12.4. The predicted molar refractivity (Wildman–Crippen MR) is 122 cm³/mol. The van der Waals surface area contributed by atoms with Crippen LogP contribution >= 0.6 is 0 Å². The summed E-state index contributed by atoms with van der Waals surface area (Å²) < 4.78 is 25.0. The van der Waals surface area contributed by atoms with Crippen LogP contribution in [0.25, 0.3) is 0 Å². The minimum atomic E-state index is -0.575. The first-order chi connectivity index (χ1) is 15.9. The highest BCUT2D eigenvalue weighted by atomic mass is 16.5. The first kappa shape index (κ1) is 23.1. The number of hydrogen-bond acceptors (Lipinski definition) is 7. The van der Waals surface area contributed by atoms with Crippen LogP contribution in [0.1, 0.15) is 39.5 Å². The lowest BCUT2D eigenvalue weighted by Crippen LogP contribution is -2.76. The summed E-state index contributed by atoms with van der Waals surface area (Å²) in [6.07, 6.45) is 2.74. The van der Waals surface area contributed by atoms with Gasteiger partial charge in [0, 0.05) is 81.4 Å². The maximum Gasteiger partial charge on any atom is 0.0830 e. The molecule has 0 aromatic heterocycles. The first-order valence-electron chi connectivity index (χ1n) is 13.2. The van der Waals surface area contributed by atoms with Crippen LogP contribution < -0.4 is 0 Å². The van der Waals surface area contributed by atoms with Crippen LogP contribution in [0.3, 0.4) is 0 Å². The van der Waals surface area contributed by atoms with Crippen molar-refractivity contribution in [1.82, 2.24) is 4.90 Å². The van der Waals surface area contributed by atoms with Crippen molar-refractivity contribution in [3.05, 3.63) is 0 Å². The fourth-order valence-corrected chi connectivity index (χ4v) is 11.2. The van der Waals surface area contributed by atoms with Crippen LogP contribution in [0.5, 0.6) is 0 Å². The highest BCUT2D eigenvalue weighted by Gasteiger charge is 2.86. The lowest BCUT2D eigenvalue weighted by Gasteiger charge is -2.69. The Kier molecular flexibility index (Phi) is 5.34. The van der Waals surface area contributed by atoms with Crippen LogP contribution in [-0.4, -0.2) is 98.8 Å². The van der Waals surface area contributed by atoms with E-state index in [9.17, 15) is 10.2 Å². The topological polar surface area (TPSA) is 80.6 Å². The number of aliphatic hydroxyl groups excluding tert-OH is 2. The number of likely N-dealkylation sites (tertiary alicyclic amines) is 1. The second-order valence-corrected chi connectivity index (χ2v) is 11.9. The van der Waals surface area contributed by atoms with E-state index in [-0.39, 0.29) is 58.7 Å². The molecule has 5 saturated carbocycles. The van der Waals surface area contributed by atoms with Gasteiger partial charge in [0.05, 0.1) is 36.6 Å². The Morgan fingerprint density at radius 1 is 1.03 bits per heavy atom. The lowest BCUT2D eigenvalue weighted by atomic mass is 9.43. The van der Waals surface area contributed by atoms with Crippen molar-refractivity contribution >= 4 is 0 Å². The van der Waals surface area contributed by atoms with Crippen molar-refractivity contribution in [2.45, 2.75) is 75.6 Å². The van der Waals surface area contributed by atoms with E-state index >= 15 is 0 Å². The number of ether oxygens (including phenoxy) is 4. The van der Waals surface area contributed by atoms with Crippen LogP contribution in [0, 0.1) is 40.4 Å². The van der Waals surface area contributed by atoms with Gasteiger partial charge in [0.15, 0.2) is 0 Å².